The van der Waals surface area contributed by atoms with E-state index in [1.165, 1.54) is 86.5 Å². The largest absolute Gasteiger partial charge is 0.453 e. The van der Waals surface area contributed by atoms with Crippen molar-refractivity contribution in [3.63, 3.8) is 0 Å². The minimum atomic E-state index is -0.116. The van der Waals surface area contributed by atoms with Crippen molar-refractivity contribution in [1.82, 2.24) is 0 Å². The van der Waals surface area contributed by atoms with Gasteiger partial charge in [-0.1, -0.05) is 181 Å². The van der Waals surface area contributed by atoms with E-state index in [4.69, 9.17) is 9.47 Å². The summed E-state index contributed by atoms with van der Waals surface area (Å²) < 4.78 is 13.8. The molecule has 8 nitrogen and oxygen atoms in total. The molecular formula is C84H50B2N6O2S2. The zero-order chi connectivity index (χ0) is 62.4. The van der Waals surface area contributed by atoms with Crippen molar-refractivity contribution in [1.29, 1.82) is 0 Å². The fourth-order valence-corrected chi connectivity index (χ4v) is 18.9. The molecule has 446 valence electrons. The Morgan fingerprint density at radius 2 is 0.615 bits per heavy atom. The maximum Gasteiger partial charge on any atom is 0.252 e. The van der Waals surface area contributed by atoms with Gasteiger partial charge in [0.05, 0.1) is 56.9 Å². The molecule has 0 radical (unpaired) electrons. The number of benzene rings is 14. The summed E-state index contributed by atoms with van der Waals surface area (Å²) in [6.07, 6.45) is 0. The number of rotatable bonds is 7. The first-order chi connectivity index (χ1) is 47.6. The highest BCUT2D eigenvalue weighted by Crippen LogP contribution is 2.61. The number of hydrogen-bond donors (Lipinski definition) is 0. The summed E-state index contributed by atoms with van der Waals surface area (Å²) in [5, 5.41) is 0. The van der Waals surface area contributed by atoms with Crippen LogP contribution in [0.15, 0.2) is 323 Å². The molecule has 0 saturated carbocycles. The van der Waals surface area contributed by atoms with Crippen molar-refractivity contribution < 1.29 is 9.47 Å². The average Bonchev–Trinajstić information content (AvgIpc) is 0.687. The second kappa shape index (κ2) is 19.9. The van der Waals surface area contributed by atoms with Gasteiger partial charge in [-0.2, -0.15) is 0 Å². The Bertz CT molecular complexity index is 5540. The highest BCUT2D eigenvalue weighted by molar-refractivity contribution is 8.00. The molecule has 8 heterocycles. The first kappa shape index (κ1) is 52.8. The number of ether oxygens (including phenoxy) is 2. The van der Waals surface area contributed by atoms with E-state index in [1.807, 2.05) is 23.5 Å². The molecule has 22 rings (SSSR count). The normalized spacial score (nSPS) is 14.0. The third kappa shape index (κ3) is 7.34. The lowest BCUT2D eigenvalue weighted by atomic mass is 9.33. The highest BCUT2D eigenvalue weighted by atomic mass is 32.2. The van der Waals surface area contributed by atoms with Gasteiger partial charge in [0.15, 0.2) is 23.0 Å². The molecule has 14 aromatic carbocycles. The van der Waals surface area contributed by atoms with Crippen molar-refractivity contribution in [3.8, 4) is 34.1 Å². The summed E-state index contributed by atoms with van der Waals surface area (Å²) in [6.45, 7) is -0.221. The smallest absolute Gasteiger partial charge is 0.252 e. The van der Waals surface area contributed by atoms with Crippen molar-refractivity contribution in [2.75, 3.05) is 29.4 Å². The predicted molar refractivity (Wildman–Crippen MR) is 398 cm³/mol. The molecule has 0 fully saturated rings. The minimum absolute atomic E-state index is 0.106. The van der Waals surface area contributed by atoms with Crippen LogP contribution in [0.5, 0.6) is 23.0 Å². The molecule has 0 aliphatic carbocycles. The van der Waals surface area contributed by atoms with Gasteiger partial charge in [0.1, 0.15) is 0 Å². The third-order valence-corrected chi connectivity index (χ3v) is 22.6. The van der Waals surface area contributed by atoms with Crippen LogP contribution in [0.4, 0.5) is 102 Å². The molecule has 14 aromatic rings. The number of para-hydroxylation sites is 12. The van der Waals surface area contributed by atoms with Gasteiger partial charge in [-0.25, -0.2) is 0 Å². The van der Waals surface area contributed by atoms with Crippen molar-refractivity contribution in [2.45, 2.75) is 19.6 Å². The van der Waals surface area contributed by atoms with Crippen LogP contribution in [0, 0.1) is 0 Å². The molecule has 96 heavy (non-hydrogen) atoms. The van der Waals surface area contributed by atoms with Crippen LogP contribution >= 0.6 is 23.5 Å². The molecule has 0 bridgehead atoms. The Labute approximate surface area is 564 Å². The Balaban J connectivity index is 0.769. The van der Waals surface area contributed by atoms with E-state index in [0.717, 1.165) is 102 Å². The van der Waals surface area contributed by atoms with E-state index >= 15 is 0 Å². The zero-order valence-corrected chi connectivity index (χ0v) is 53.0. The SMILES string of the molecule is c1ccc(N(c2cccc(-c3cc4c5c(c3)B3c6cccc7c6N(c6ccccc6S7)c6cc(N(c7ccccc7)c7ccccc7)cc(c63)N5c3ccccc3S4)c2)c2cc3c4c(c2)N2c5ccccc5Oc5cccc(c52)B4c2cccc4c2N3c2ccccc2O4)cc1. The first-order valence-corrected chi connectivity index (χ1v) is 34.3. The summed E-state index contributed by atoms with van der Waals surface area (Å²) in [5.41, 5.74) is 29.7. The second-order valence-electron chi connectivity index (χ2n) is 25.5. The van der Waals surface area contributed by atoms with Crippen LogP contribution in [0.25, 0.3) is 11.1 Å². The summed E-state index contributed by atoms with van der Waals surface area (Å²) in [4.78, 5) is 20.0. The molecule has 0 unspecified atom stereocenters. The van der Waals surface area contributed by atoms with Crippen LogP contribution in [0.3, 0.4) is 0 Å². The Hall–Kier alpha value is -11.7. The fourth-order valence-electron chi connectivity index (χ4n) is 16.7. The van der Waals surface area contributed by atoms with E-state index in [2.05, 4.69) is 333 Å². The Morgan fingerprint density at radius 3 is 1.15 bits per heavy atom. The number of hydrogen-bond acceptors (Lipinski definition) is 10. The monoisotopic (exact) mass is 1260 g/mol. The lowest BCUT2D eigenvalue weighted by molar-refractivity contribution is 0.477. The van der Waals surface area contributed by atoms with Gasteiger partial charge in [-0.15, -0.1) is 0 Å². The summed E-state index contributed by atoms with van der Waals surface area (Å²) >= 11 is 3.76. The highest BCUT2D eigenvalue weighted by Gasteiger charge is 2.51. The molecule has 8 aliphatic heterocycles. The fraction of sp³-hybridized carbons (Fsp3) is 0. The van der Waals surface area contributed by atoms with Gasteiger partial charge in [-0.3, -0.25) is 0 Å². The van der Waals surface area contributed by atoms with Gasteiger partial charge < -0.3 is 38.9 Å². The molecule has 0 atom stereocenters. The van der Waals surface area contributed by atoms with Gasteiger partial charge in [0.2, 0.25) is 0 Å². The van der Waals surface area contributed by atoms with E-state index < -0.39 is 0 Å². The maximum atomic E-state index is 6.88. The third-order valence-electron chi connectivity index (χ3n) is 20.4. The molecule has 12 heteroatoms. The number of nitrogens with zero attached hydrogens (tertiary/aromatic N) is 6. The second-order valence-corrected chi connectivity index (χ2v) is 27.7. The van der Waals surface area contributed by atoms with E-state index in [1.54, 1.807) is 0 Å². The van der Waals surface area contributed by atoms with Gasteiger partial charge in [0.25, 0.3) is 13.4 Å². The van der Waals surface area contributed by atoms with Crippen LogP contribution in [0.1, 0.15) is 0 Å². The van der Waals surface area contributed by atoms with Gasteiger partial charge >= 0.3 is 0 Å². The molecule has 0 spiro atoms. The standard InChI is InChI=1S/C84H50B2N6O2S2/c1-4-23-53(24-5-1)87(54-25-6-2-7-26-54)57-47-69-80-70(48-57)92-66-36-13-17-42-76(66)96-78-46-52(45-62(84(78)92)86(80)61-32-21-43-77-83(61)91(69)65-35-12-16-41-75(65)95-77)51-22-18-29-56(44-51)88(55-27-8-3-9-28-55)58-49-67-79-68(50-58)90-64-34-11-15-38-72(64)94-74-40-20-31-60(82(74)90)85(79)59-30-19-39-73-81(59)89(67)63-33-10-14-37-71(63)93-73/h1-50H. The summed E-state index contributed by atoms with van der Waals surface area (Å²) in [5.74, 6) is 3.31. The van der Waals surface area contributed by atoms with Crippen molar-refractivity contribution in [2.24, 2.45) is 0 Å². The Kier molecular flexibility index (Phi) is 11.0. The van der Waals surface area contributed by atoms with Gasteiger partial charge in [-0.05, 0) is 189 Å². The zero-order valence-electron chi connectivity index (χ0n) is 51.3. The molecule has 0 aromatic heterocycles. The lowest BCUT2D eigenvalue weighted by Gasteiger charge is -2.48. The van der Waals surface area contributed by atoms with Crippen LogP contribution in [-0.2, 0) is 0 Å². The quantitative estimate of drug-likeness (QED) is 0.144. The van der Waals surface area contributed by atoms with E-state index in [-0.39, 0.29) is 13.4 Å². The van der Waals surface area contributed by atoms with Crippen LogP contribution < -0.4 is 71.7 Å². The van der Waals surface area contributed by atoms with Crippen LogP contribution in [-0.4, -0.2) is 13.4 Å². The average molecular weight is 1260 g/mol. The first-order valence-electron chi connectivity index (χ1n) is 32.7. The van der Waals surface area contributed by atoms with Gasteiger partial charge in [0, 0.05) is 65.1 Å². The van der Waals surface area contributed by atoms with Crippen molar-refractivity contribution in [3.05, 3.63) is 303 Å². The number of fused-ring (bicyclic) bond motifs is 16. The molecule has 0 N–H and O–H groups in total. The molecule has 8 aliphatic rings. The Morgan fingerprint density at radius 1 is 0.240 bits per heavy atom. The lowest BCUT2D eigenvalue weighted by Crippen LogP contribution is -2.62. The molecule has 0 amide bonds. The molecule has 0 saturated heterocycles. The maximum absolute atomic E-state index is 6.88. The minimum Gasteiger partial charge on any atom is -0.453 e. The van der Waals surface area contributed by atoms with E-state index in [9.17, 15) is 0 Å². The summed E-state index contributed by atoms with van der Waals surface area (Å²) in [6, 6.07) is 112. The predicted octanol–water partition coefficient (Wildman–Crippen LogP) is 19.6. The number of anilines is 18. The van der Waals surface area contributed by atoms with Crippen LogP contribution in [0.2, 0.25) is 0 Å². The van der Waals surface area contributed by atoms with E-state index in [0.29, 0.717) is 0 Å². The summed E-state index contributed by atoms with van der Waals surface area (Å²) in [7, 11) is 0. The molecular weight excluding hydrogens is 1210 g/mol. The topological polar surface area (TPSA) is 37.9 Å². The van der Waals surface area contributed by atoms with Crippen molar-refractivity contribution >= 4 is 172 Å².